The molecular weight excluding hydrogens is 370 g/mol. The molecule has 5 heteroatoms. The van der Waals surface area contributed by atoms with Gasteiger partial charge in [-0.15, -0.1) is 0 Å². The normalized spacial score (nSPS) is 31.9. The molecule has 4 aliphatic rings. The quantitative estimate of drug-likeness (QED) is 0.546. The van der Waals surface area contributed by atoms with Gasteiger partial charge in [-0.05, 0) is 86.3 Å². The van der Waals surface area contributed by atoms with Crippen molar-refractivity contribution in [1.82, 2.24) is 10.6 Å². The summed E-state index contributed by atoms with van der Waals surface area (Å²) in [6.07, 6.45) is 9.38. The second-order valence-corrected chi connectivity index (χ2v) is 9.59. The average Bonchev–Trinajstić information content (AvgIpc) is 2.64. The van der Waals surface area contributed by atoms with Crippen LogP contribution in [0, 0.1) is 34.5 Å². The Kier molecular flexibility index (Phi) is 5.38. The van der Waals surface area contributed by atoms with Crippen LogP contribution in [0.25, 0.3) is 0 Å². The fourth-order valence-electron chi connectivity index (χ4n) is 6.20. The van der Waals surface area contributed by atoms with Crippen molar-refractivity contribution >= 4 is 17.5 Å². The van der Waals surface area contributed by atoms with E-state index in [0.29, 0.717) is 11.6 Å². The predicted molar refractivity (Wildman–Crippen MR) is 110 cm³/mol. The van der Waals surface area contributed by atoms with Crippen LogP contribution in [0.1, 0.15) is 51.0 Å². The number of nitrogens with zero attached hydrogens (tertiary/aromatic N) is 1. The van der Waals surface area contributed by atoms with Crippen molar-refractivity contribution in [1.29, 1.82) is 5.26 Å². The van der Waals surface area contributed by atoms with Crippen LogP contribution in [-0.2, 0) is 11.3 Å². The standard InChI is InChI=1S/C23H28ClN3O/c1-15(23-9-17-5-18(10-23)7-19(6-17)11-23)27-22(28)20(12-25)14-26-13-16-3-2-4-21(24)8-16/h2-4,8,14-15,17-19,26H,5-7,9-11,13H2,1H3,(H,27,28)/b20-14-. The van der Waals surface area contributed by atoms with Crippen LogP contribution in [0.5, 0.6) is 0 Å². The van der Waals surface area contributed by atoms with Gasteiger partial charge in [0, 0.05) is 23.8 Å². The van der Waals surface area contributed by atoms with Crippen molar-refractivity contribution in [2.45, 2.75) is 58.0 Å². The molecule has 4 aliphatic carbocycles. The number of benzene rings is 1. The van der Waals surface area contributed by atoms with Crippen LogP contribution in [0.2, 0.25) is 5.02 Å². The Labute approximate surface area is 172 Å². The van der Waals surface area contributed by atoms with E-state index in [1.807, 2.05) is 30.3 Å². The molecule has 5 rings (SSSR count). The Balaban J connectivity index is 1.37. The average molecular weight is 398 g/mol. The van der Waals surface area contributed by atoms with Gasteiger partial charge in [-0.1, -0.05) is 23.7 Å². The summed E-state index contributed by atoms with van der Waals surface area (Å²) in [5, 5.41) is 16.3. The number of nitriles is 1. The van der Waals surface area contributed by atoms with Gasteiger partial charge in [-0.3, -0.25) is 4.79 Å². The third-order valence-corrected chi connectivity index (χ3v) is 7.39. The van der Waals surface area contributed by atoms with Crippen molar-refractivity contribution < 1.29 is 4.79 Å². The van der Waals surface area contributed by atoms with Crippen LogP contribution in [0.4, 0.5) is 0 Å². The van der Waals surface area contributed by atoms with Gasteiger partial charge in [-0.2, -0.15) is 5.26 Å². The lowest BCUT2D eigenvalue weighted by molar-refractivity contribution is -0.122. The zero-order valence-electron chi connectivity index (χ0n) is 16.4. The molecule has 0 aliphatic heterocycles. The maximum atomic E-state index is 12.7. The molecule has 1 amide bonds. The van der Waals surface area contributed by atoms with Gasteiger partial charge in [-0.25, -0.2) is 0 Å². The number of rotatable bonds is 6. The highest BCUT2D eigenvalue weighted by molar-refractivity contribution is 6.30. The molecule has 0 spiro atoms. The molecule has 148 valence electrons. The Morgan fingerprint density at radius 1 is 1.29 bits per heavy atom. The van der Waals surface area contributed by atoms with Crippen molar-refractivity contribution in [3.8, 4) is 6.07 Å². The first-order valence-electron chi connectivity index (χ1n) is 10.4. The Morgan fingerprint density at radius 2 is 1.93 bits per heavy atom. The summed E-state index contributed by atoms with van der Waals surface area (Å²) in [6.45, 7) is 2.66. The van der Waals surface area contributed by atoms with Crippen LogP contribution in [0.15, 0.2) is 36.0 Å². The third kappa shape index (κ3) is 3.91. The summed E-state index contributed by atoms with van der Waals surface area (Å²) in [4.78, 5) is 12.7. The minimum absolute atomic E-state index is 0.109. The van der Waals surface area contributed by atoms with E-state index in [-0.39, 0.29) is 22.9 Å². The van der Waals surface area contributed by atoms with Gasteiger partial charge in [0.2, 0.25) is 0 Å². The molecule has 1 aromatic carbocycles. The SMILES string of the molecule is CC(NC(=O)/C(C#N)=C\NCc1cccc(Cl)c1)C12CC3CC(CC(C3)C1)C2. The zero-order chi connectivity index (χ0) is 19.7. The zero-order valence-corrected chi connectivity index (χ0v) is 17.1. The van der Waals surface area contributed by atoms with E-state index in [4.69, 9.17) is 11.6 Å². The van der Waals surface area contributed by atoms with Crippen LogP contribution in [0.3, 0.4) is 0 Å². The summed E-state index contributed by atoms with van der Waals surface area (Å²) in [7, 11) is 0. The summed E-state index contributed by atoms with van der Waals surface area (Å²) in [5.74, 6) is 2.26. The smallest absolute Gasteiger partial charge is 0.263 e. The van der Waals surface area contributed by atoms with E-state index in [1.165, 1.54) is 44.7 Å². The van der Waals surface area contributed by atoms with Gasteiger partial charge in [0.05, 0.1) is 0 Å². The number of halogens is 1. The minimum Gasteiger partial charge on any atom is -0.386 e. The number of nitrogens with one attached hydrogen (secondary N) is 2. The third-order valence-electron chi connectivity index (χ3n) is 7.16. The van der Waals surface area contributed by atoms with Gasteiger partial charge in [0.1, 0.15) is 11.6 Å². The second kappa shape index (κ2) is 7.79. The lowest BCUT2D eigenvalue weighted by Gasteiger charge is -2.59. The minimum atomic E-state index is -0.274. The van der Waals surface area contributed by atoms with Crippen molar-refractivity contribution in [3.63, 3.8) is 0 Å². The van der Waals surface area contributed by atoms with E-state index in [1.54, 1.807) is 0 Å². The van der Waals surface area contributed by atoms with E-state index in [0.717, 1.165) is 23.3 Å². The van der Waals surface area contributed by atoms with E-state index in [2.05, 4.69) is 17.6 Å². The van der Waals surface area contributed by atoms with Crippen molar-refractivity contribution in [2.75, 3.05) is 0 Å². The van der Waals surface area contributed by atoms with E-state index < -0.39 is 0 Å². The molecule has 2 N–H and O–H groups in total. The highest BCUT2D eigenvalue weighted by atomic mass is 35.5. The van der Waals surface area contributed by atoms with E-state index >= 15 is 0 Å². The molecule has 0 saturated heterocycles. The van der Waals surface area contributed by atoms with Crippen LogP contribution < -0.4 is 10.6 Å². The summed E-state index contributed by atoms with van der Waals surface area (Å²) in [5.41, 5.74) is 1.36. The van der Waals surface area contributed by atoms with Gasteiger partial charge < -0.3 is 10.6 Å². The number of carbonyl (C=O) groups is 1. The molecule has 0 radical (unpaired) electrons. The molecule has 0 heterocycles. The number of hydrogen-bond donors (Lipinski definition) is 2. The topological polar surface area (TPSA) is 64.9 Å². The monoisotopic (exact) mass is 397 g/mol. The molecule has 4 saturated carbocycles. The Morgan fingerprint density at radius 3 is 2.50 bits per heavy atom. The fourth-order valence-corrected chi connectivity index (χ4v) is 6.41. The van der Waals surface area contributed by atoms with Crippen molar-refractivity contribution in [3.05, 3.63) is 46.6 Å². The summed E-state index contributed by atoms with van der Waals surface area (Å²) >= 11 is 5.99. The molecule has 1 aromatic rings. The maximum Gasteiger partial charge on any atom is 0.263 e. The first-order chi connectivity index (χ1) is 13.5. The number of hydrogen-bond acceptors (Lipinski definition) is 3. The largest absolute Gasteiger partial charge is 0.386 e. The van der Waals surface area contributed by atoms with Gasteiger partial charge in [0.15, 0.2) is 0 Å². The fraction of sp³-hybridized carbons (Fsp3) is 0.565. The van der Waals surface area contributed by atoms with Gasteiger partial charge in [0.25, 0.3) is 5.91 Å². The summed E-state index contributed by atoms with van der Waals surface area (Å²) < 4.78 is 0. The van der Waals surface area contributed by atoms with E-state index in [9.17, 15) is 10.1 Å². The Hall–Kier alpha value is -1.99. The first kappa shape index (κ1) is 19.3. The number of carbonyl (C=O) groups excluding carboxylic acids is 1. The predicted octanol–water partition coefficient (Wildman–Crippen LogP) is 4.56. The molecule has 4 nitrogen and oxygen atoms in total. The first-order valence-corrected chi connectivity index (χ1v) is 10.7. The highest BCUT2D eigenvalue weighted by Crippen LogP contribution is 2.61. The summed E-state index contributed by atoms with van der Waals surface area (Å²) in [6, 6.07) is 9.67. The Bertz CT molecular complexity index is 790. The van der Waals surface area contributed by atoms with Crippen LogP contribution >= 0.6 is 11.6 Å². The molecule has 1 unspecified atom stereocenters. The molecule has 4 fully saturated rings. The van der Waals surface area contributed by atoms with Gasteiger partial charge >= 0.3 is 0 Å². The van der Waals surface area contributed by atoms with Crippen LogP contribution in [-0.4, -0.2) is 11.9 Å². The molecule has 1 atom stereocenters. The maximum absolute atomic E-state index is 12.7. The molecule has 0 aromatic heterocycles. The second-order valence-electron chi connectivity index (χ2n) is 9.16. The van der Waals surface area contributed by atoms with Crippen molar-refractivity contribution in [2.24, 2.45) is 23.2 Å². The highest BCUT2D eigenvalue weighted by Gasteiger charge is 2.53. The number of amides is 1. The lowest BCUT2D eigenvalue weighted by atomic mass is 9.48. The molecule has 4 bridgehead atoms. The molecular formula is C23H28ClN3O. The molecule has 28 heavy (non-hydrogen) atoms. The lowest BCUT2D eigenvalue weighted by Crippen LogP contribution is -2.56.